The van der Waals surface area contributed by atoms with Crippen LogP contribution >= 0.6 is 0 Å². The Bertz CT molecular complexity index is 1720. The molecular formula is C40H42N2O6. The number of amides is 2. The Morgan fingerprint density at radius 1 is 0.812 bits per heavy atom. The Morgan fingerprint density at radius 3 is 2.21 bits per heavy atom. The standard InChI is InChI=1S/C40H42N2O6/c1-26-36(23-41-20-6-9-33(41)25-46-2)47-40(48-37(26)30-14-12-27(24-43)13-15-30)31-18-16-29(17-19-31)32-8-5-7-28(21-32)22-42-38(44)34-10-3-4-11-35(34)39(42)45/h3-5,7-8,10-19,21,26,33,36-37,40,43H,6,9,20,22-25H2,1-2H3/t26-,33+,36+,37+,40+/m1/s1. The molecule has 3 heterocycles. The smallest absolute Gasteiger partial charge is 0.261 e. The van der Waals surface area contributed by atoms with E-state index in [1.165, 1.54) is 4.90 Å². The van der Waals surface area contributed by atoms with E-state index in [0.717, 1.165) is 59.3 Å². The Kier molecular flexibility index (Phi) is 9.52. The number of aliphatic hydroxyl groups is 1. The van der Waals surface area contributed by atoms with Crippen molar-refractivity contribution in [3.8, 4) is 11.1 Å². The second-order valence-corrected chi connectivity index (χ2v) is 13.1. The molecule has 0 bridgehead atoms. The van der Waals surface area contributed by atoms with Crippen LogP contribution in [0.1, 0.15) is 75.1 Å². The van der Waals surface area contributed by atoms with Gasteiger partial charge in [0.2, 0.25) is 0 Å². The fraction of sp³-hybridized carbons (Fsp3) is 0.350. The topological polar surface area (TPSA) is 88.5 Å². The van der Waals surface area contributed by atoms with Crippen molar-refractivity contribution in [3.05, 3.63) is 130 Å². The highest BCUT2D eigenvalue weighted by atomic mass is 16.7. The van der Waals surface area contributed by atoms with Crippen LogP contribution in [-0.2, 0) is 27.4 Å². The van der Waals surface area contributed by atoms with Gasteiger partial charge in [-0.1, -0.05) is 85.8 Å². The predicted octanol–water partition coefficient (Wildman–Crippen LogP) is 6.54. The van der Waals surface area contributed by atoms with Gasteiger partial charge in [0.25, 0.3) is 11.8 Å². The van der Waals surface area contributed by atoms with Crippen molar-refractivity contribution in [3.63, 3.8) is 0 Å². The molecule has 0 spiro atoms. The molecule has 3 aliphatic heterocycles. The molecule has 0 unspecified atom stereocenters. The van der Waals surface area contributed by atoms with Gasteiger partial charge < -0.3 is 19.3 Å². The minimum absolute atomic E-state index is 0.00356. The molecule has 8 heteroatoms. The zero-order chi connectivity index (χ0) is 33.2. The van der Waals surface area contributed by atoms with Crippen molar-refractivity contribution < 1.29 is 28.9 Å². The molecule has 0 aromatic heterocycles. The molecule has 4 aromatic carbocycles. The molecule has 2 saturated heterocycles. The van der Waals surface area contributed by atoms with Crippen LogP contribution in [0.15, 0.2) is 97.1 Å². The molecule has 4 aromatic rings. The maximum atomic E-state index is 12.9. The fourth-order valence-electron chi connectivity index (χ4n) is 7.32. The molecule has 2 amide bonds. The van der Waals surface area contributed by atoms with Crippen LogP contribution in [0, 0.1) is 5.92 Å². The van der Waals surface area contributed by atoms with Crippen molar-refractivity contribution in [2.75, 3.05) is 26.8 Å². The number of nitrogens with zero attached hydrogens (tertiary/aromatic N) is 2. The highest BCUT2D eigenvalue weighted by molar-refractivity contribution is 6.21. The molecule has 5 atom stereocenters. The van der Waals surface area contributed by atoms with E-state index in [0.29, 0.717) is 23.8 Å². The van der Waals surface area contributed by atoms with E-state index < -0.39 is 6.29 Å². The number of carbonyl (C=O) groups is 2. The lowest BCUT2D eigenvalue weighted by molar-refractivity contribution is -0.276. The molecule has 0 saturated carbocycles. The summed E-state index contributed by atoms with van der Waals surface area (Å²) in [4.78, 5) is 29.7. The number of likely N-dealkylation sites (tertiary alicyclic amines) is 1. The summed E-state index contributed by atoms with van der Waals surface area (Å²) in [7, 11) is 1.76. The van der Waals surface area contributed by atoms with Crippen LogP contribution in [0.2, 0.25) is 0 Å². The number of rotatable bonds is 10. The van der Waals surface area contributed by atoms with Crippen molar-refractivity contribution >= 4 is 11.8 Å². The van der Waals surface area contributed by atoms with Gasteiger partial charge in [0, 0.05) is 31.2 Å². The average Bonchev–Trinajstić information content (AvgIpc) is 3.66. The van der Waals surface area contributed by atoms with Gasteiger partial charge in [-0.05, 0) is 65.4 Å². The van der Waals surface area contributed by atoms with Gasteiger partial charge >= 0.3 is 0 Å². The van der Waals surface area contributed by atoms with Gasteiger partial charge in [-0.15, -0.1) is 0 Å². The van der Waals surface area contributed by atoms with Gasteiger partial charge in [0.15, 0.2) is 6.29 Å². The molecule has 8 nitrogen and oxygen atoms in total. The van der Waals surface area contributed by atoms with E-state index >= 15 is 0 Å². The Morgan fingerprint density at radius 2 is 1.52 bits per heavy atom. The third-order valence-electron chi connectivity index (χ3n) is 10.1. The first-order chi connectivity index (χ1) is 23.4. The maximum absolute atomic E-state index is 12.9. The van der Waals surface area contributed by atoms with Crippen molar-refractivity contribution in [1.29, 1.82) is 0 Å². The summed E-state index contributed by atoms with van der Waals surface area (Å²) in [5.74, 6) is -0.409. The maximum Gasteiger partial charge on any atom is 0.261 e. The van der Waals surface area contributed by atoms with E-state index in [4.69, 9.17) is 14.2 Å². The van der Waals surface area contributed by atoms with E-state index in [1.807, 2.05) is 48.5 Å². The summed E-state index contributed by atoms with van der Waals surface area (Å²) in [6, 6.07) is 31.6. The lowest BCUT2D eigenvalue weighted by Crippen LogP contribution is -2.46. The zero-order valence-corrected chi connectivity index (χ0v) is 27.5. The van der Waals surface area contributed by atoms with Crippen LogP contribution in [0.5, 0.6) is 0 Å². The number of carbonyl (C=O) groups excluding carboxylic acids is 2. The number of fused-ring (bicyclic) bond motifs is 1. The number of benzene rings is 4. The summed E-state index contributed by atoms with van der Waals surface area (Å²) in [5, 5.41) is 9.59. The summed E-state index contributed by atoms with van der Waals surface area (Å²) >= 11 is 0. The summed E-state index contributed by atoms with van der Waals surface area (Å²) in [6.45, 7) is 4.97. The normalized spacial score (nSPS) is 24.3. The van der Waals surface area contributed by atoms with Crippen LogP contribution in [0.3, 0.4) is 0 Å². The lowest BCUT2D eigenvalue weighted by atomic mass is 9.89. The molecule has 48 heavy (non-hydrogen) atoms. The Hall–Kier alpha value is -4.18. The van der Waals surface area contributed by atoms with E-state index in [2.05, 4.69) is 36.1 Å². The molecule has 2 fully saturated rings. The second-order valence-electron chi connectivity index (χ2n) is 13.1. The van der Waals surface area contributed by atoms with E-state index in [9.17, 15) is 14.7 Å². The first-order valence-corrected chi connectivity index (χ1v) is 16.8. The molecule has 248 valence electrons. The molecular weight excluding hydrogens is 604 g/mol. The van der Waals surface area contributed by atoms with Crippen LogP contribution < -0.4 is 0 Å². The van der Waals surface area contributed by atoms with E-state index in [1.54, 1.807) is 31.4 Å². The van der Waals surface area contributed by atoms with Crippen molar-refractivity contribution in [2.45, 2.75) is 57.5 Å². The third-order valence-corrected chi connectivity index (χ3v) is 10.1. The number of imide groups is 1. The molecule has 3 aliphatic rings. The largest absolute Gasteiger partial charge is 0.392 e. The van der Waals surface area contributed by atoms with Crippen LogP contribution in [0.25, 0.3) is 11.1 Å². The zero-order valence-electron chi connectivity index (χ0n) is 27.5. The average molecular weight is 647 g/mol. The van der Waals surface area contributed by atoms with E-state index in [-0.39, 0.29) is 43.1 Å². The van der Waals surface area contributed by atoms with Gasteiger partial charge in [-0.3, -0.25) is 19.4 Å². The predicted molar refractivity (Wildman–Crippen MR) is 182 cm³/mol. The minimum Gasteiger partial charge on any atom is -0.392 e. The number of hydrogen-bond acceptors (Lipinski definition) is 7. The number of hydrogen-bond donors (Lipinski definition) is 1. The van der Waals surface area contributed by atoms with Crippen molar-refractivity contribution in [2.24, 2.45) is 5.92 Å². The van der Waals surface area contributed by atoms with Gasteiger partial charge in [0.05, 0.1) is 43.1 Å². The quantitative estimate of drug-likeness (QED) is 0.196. The van der Waals surface area contributed by atoms with Gasteiger partial charge in [-0.2, -0.15) is 0 Å². The SMILES string of the molecule is COC[C@@H]1CCCN1C[C@@H]1O[C@H](c2ccc(-c3cccc(CN4C(=O)c5ccccc5C4=O)c3)cc2)O[C@H](c2ccc(CO)cc2)[C@@H]1C. The Balaban J connectivity index is 1.10. The monoisotopic (exact) mass is 646 g/mol. The van der Waals surface area contributed by atoms with Gasteiger partial charge in [0.1, 0.15) is 0 Å². The third kappa shape index (κ3) is 6.46. The summed E-state index contributed by atoms with van der Waals surface area (Å²) in [5.41, 5.74) is 6.67. The summed E-state index contributed by atoms with van der Waals surface area (Å²) < 4.78 is 19.0. The number of methoxy groups -OCH3 is 1. The minimum atomic E-state index is -0.550. The summed E-state index contributed by atoms with van der Waals surface area (Å²) in [6.07, 6.45) is 1.50. The number of aliphatic hydroxyl groups excluding tert-OH is 1. The molecule has 0 aliphatic carbocycles. The molecule has 1 N–H and O–H groups in total. The number of ether oxygens (including phenoxy) is 3. The van der Waals surface area contributed by atoms with Crippen LogP contribution in [0.4, 0.5) is 0 Å². The van der Waals surface area contributed by atoms with Crippen LogP contribution in [-0.4, -0.2) is 65.7 Å². The Labute approximate surface area is 281 Å². The van der Waals surface area contributed by atoms with Crippen molar-refractivity contribution in [1.82, 2.24) is 9.80 Å². The highest BCUT2D eigenvalue weighted by Gasteiger charge is 2.40. The fourth-order valence-corrected chi connectivity index (χ4v) is 7.32. The first-order valence-electron chi connectivity index (χ1n) is 16.8. The first kappa shape index (κ1) is 32.4. The molecule has 0 radical (unpaired) electrons. The lowest BCUT2D eigenvalue weighted by Gasteiger charge is -2.43. The van der Waals surface area contributed by atoms with Gasteiger partial charge in [-0.25, -0.2) is 0 Å². The second kappa shape index (κ2) is 14.1. The molecule has 7 rings (SSSR count). The highest BCUT2D eigenvalue weighted by Crippen LogP contribution is 2.42.